The molecule has 1 aliphatic rings. The number of nitrogens with zero attached hydrogens (tertiary/aromatic N) is 1. The van der Waals surface area contributed by atoms with Crippen LogP contribution < -0.4 is 10.1 Å². The first-order chi connectivity index (χ1) is 8.68. The Morgan fingerprint density at radius 2 is 2.17 bits per heavy atom. The molecule has 0 atom stereocenters. The number of nitro groups is 1. The zero-order valence-electron chi connectivity index (χ0n) is 10.5. The van der Waals surface area contributed by atoms with E-state index in [2.05, 4.69) is 5.32 Å². The molecule has 0 saturated carbocycles. The van der Waals surface area contributed by atoms with Crippen molar-refractivity contribution in [3.63, 3.8) is 0 Å². The highest BCUT2D eigenvalue weighted by Gasteiger charge is 2.17. The number of hydrogen-bond donors (Lipinski definition) is 1. The second kappa shape index (κ2) is 5.82. The first-order valence-corrected chi connectivity index (χ1v) is 6.26. The molecule has 98 valence electrons. The molecule has 0 aromatic heterocycles. The summed E-state index contributed by atoms with van der Waals surface area (Å²) in [6.45, 7) is 4.43. The molecule has 5 nitrogen and oxygen atoms in total. The van der Waals surface area contributed by atoms with Gasteiger partial charge in [-0.1, -0.05) is 6.07 Å². The van der Waals surface area contributed by atoms with E-state index in [9.17, 15) is 10.1 Å². The van der Waals surface area contributed by atoms with Crippen molar-refractivity contribution in [2.24, 2.45) is 5.92 Å². The molecule has 1 fully saturated rings. The summed E-state index contributed by atoms with van der Waals surface area (Å²) in [6, 6.07) is 4.97. The minimum absolute atomic E-state index is 0.123. The van der Waals surface area contributed by atoms with Crippen molar-refractivity contribution in [1.29, 1.82) is 0 Å². The second-order valence-corrected chi connectivity index (χ2v) is 4.66. The molecule has 0 bridgehead atoms. The lowest BCUT2D eigenvalue weighted by Gasteiger charge is -2.23. The smallest absolute Gasteiger partial charge is 0.276 e. The van der Waals surface area contributed by atoms with Crippen LogP contribution in [0.25, 0.3) is 0 Å². The molecule has 0 unspecified atom stereocenters. The number of benzene rings is 1. The van der Waals surface area contributed by atoms with Gasteiger partial charge in [0.1, 0.15) is 5.75 Å². The summed E-state index contributed by atoms with van der Waals surface area (Å²) in [7, 11) is 0. The van der Waals surface area contributed by atoms with Crippen molar-refractivity contribution in [2.45, 2.75) is 19.8 Å². The highest BCUT2D eigenvalue weighted by atomic mass is 16.6. The summed E-state index contributed by atoms with van der Waals surface area (Å²) < 4.78 is 5.73. The van der Waals surface area contributed by atoms with E-state index in [1.165, 1.54) is 6.07 Å². The van der Waals surface area contributed by atoms with Crippen LogP contribution in [0.15, 0.2) is 18.2 Å². The standard InChI is InChI=1S/C13H18N2O3/c1-10-12(15(16)17)3-2-4-13(10)18-9-11-5-7-14-8-6-11/h2-4,11,14H,5-9H2,1H3. The summed E-state index contributed by atoms with van der Waals surface area (Å²) in [5.41, 5.74) is 0.731. The minimum Gasteiger partial charge on any atom is -0.493 e. The third-order valence-corrected chi connectivity index (χ3v) is 3.39. The van der Waals surface area contributed by atoms with Crippen LogP contribution >= 0.6 is 0 Å². The van der Waals surface area contributed by atoms with Crippen LogP contribution in [0.3, 0.4) is 0 Å². The summed E-state index contributed by atoms with van der Waals surface area (Å²) in [6.07, 6.45) is 2.21. The van der Waals surface area contributed by atoms with Crippen LogP contribution in [-0.2, 0) is 0 Å². The first-order valence-electron chi connectivity index (χ1n) is 6.26. The molecular weight excluding hydrogens is 232 g/mol. The number of hydrogen-bond acceptors (Lipinski definition) is 4. The van der Waals surface area contributed by atoms with Crippen molar-refractivity contribution in [3.05, 3.63) is 33.9 Å². The van der Waals surface area contributed by atoms with Gasteiger partial charge in [0.2, 0.25) is 0 Å². The average molecular weight is 250 g/mol. The molecule has 0 spiro atoms. The quantitative estimate of drug-likeness (QED) is 0.657. The lowest BCUT2D eigenvalue weighted by atomic mass is 9.99. The van der Waals surface area contributed by atoms with E-state index in [1.807, 2.05) is 0 Å². The Kier molecular flexibility index (Phi) is 4.15. The average Bonchev–Trinajstić information content (AvgIpc) is 2.38. The molecule has 0 radical (unpaired) electrons. The van der Waals surface area contributed by atoms with Gasteiger partial charge in [-0.05, 0) is 44.8 Å². The van der Waals surface area contributed by atoms with Gasteiger partial charge in [-0.25, -0.2) is 0 Å². The minimum atomic E-state index is -0.368. The number of nitro benzene ring substituents is 1. The Morgan fingerprint density at radius 1 is 1.44 bits per heavy atom. The van der Waals surface area contributed by atoms with E-state index >= 15 is 0 Å². The van der Waals surface area contributed by atoms with Gasteiger partial charge in [-0.2, -0.15) is 0 Å². The summed E-state index contributed by atoms with van der Waals surface area (Å²) in [5.74, 6) is 1.17. The molecule has 2 rings (SSSR count). The topological polar surface area (TPSA) is 64.4 Å². The van der Waals surface area contributed by atoms with Crippen molar-refractivity contribution in [2.75, 3.05) is 19.7 Å². The maximum absolute atomic E-state index is 10.8. The third-order valence-electron chi connectivity index (χ3n) is 3.39. The van der Waals surface area contributed by atoms with Crippen LogP contribution in [0, 0.1) is 23.0 Å². The largest absolute Gasteiger partial charge is 0.493 e. The zero-order valence-corrected chi connectivity index (χ0v) is 10.5. The van der Waals surface area contributed by atoms with Gasteiger partial charge < -0.3 is 10.1 Å². The van der Waals surface area contributed by atoms with E-state index in [0.717, 1.165) is 25.9 Å². The van der Waals surface area contributed by atoms with Crippen LogP contribution in [-0.4, -0.2) is 24.6 Å². The number of rotatable bonds is 4. The van der Waals surface area contributed by atoms with Gasteiger partial charge in [-0.15, -0.1) is 0 Å². The van der Waals surface area contributed by atoms with Crippen molar-refractivity contribution in [1.82, 2.24) is 5.32 Å². The van der Waals surface area contributed by atoms with E-state index in [1.54, 1.807) is 19.1 Å². The van der Waals surface area contributed by atoms with Gasteiger partial charge in [-0.3, -0.25) is 10.1 Å². The van der Waals surface area contributed by atoms with Crippen molar-refractivity contribution in [3.8, 4) is 5.75 Å². The van der Waals surface area contributed by atoms with Gasteiger partial charge in [0, 0.05) is 6.07 Å². The second-order valence-electron chi connectivity index (χ2n) is 4.66. The Balaban J connectivity index is 2.00. The lowest BCUT2D eigenvalue weighted by molar-refractivity contribution is -0.385. The Labute approximate surface area is 106 Å². The fraction of sp³-hybridized carbons (Fsp3) is 0.538. The summed E-state index contributed by atoms with van der Waals surface area (Å²) in [5, 5.41) is 14.1. The van der Waals surface area contributed by atoms with Crippen molar-refractivity contribution < 1.29 is 9.66 Å². The molecule has 1 aromatic rings. The molecule has 1 saturated heterocycles. The fourth-order valence-electron chi connectivity index (χ4n) is 2.21. The van der Waals surface area contributed by atoms with E-state index < -0.39 is 0 Å². The van der Waals surface area contributed by atoms with Gasteiger partial charge in [0.25, 0.3) is 5.69 Å². The number of ether oxygens (including phenoxy) is 1. The Bertz CT molecular complexity index is 428. The van der Waals surface area contributed by atoms with Crippen LogP contribution in [0.1, 0.15) is 18.4 Å². The van der Waals surface area contributed by atoms with E-state index in [-0.39, 0.29) is 10.6 Å². The van der Waals surface area contributed by atoms with Crippen molar-refractivity contribution >= 4 is 5.69 Å². The molecule has 1 N–H and O–H groups in total. The van der Waals surface area contributed by atoms with E-state index in [0.29, 0.717) is 23.8 Å². The SMILES string of the molecule is Cc1c(OCC2CCNCC2)cccc1[N+](=O)[O-]. The fourth-order valence-corrected chi connectivity index (χ4v) is 2.21. The monoisotopic (exact) mass is 250 g/mol. The summed E-state index contributed by atoms with van der Waals surface area (Å²) in [4.78, 5) is 10.5. The molecule has 1 aromatic carbocycles. The molecular formula is C13H18N2O3. The zero-order chi connectivity index (χ0) is 13.0. The first kappa shape index (κ1) is 12.8. The summed E-state index contributed by atoms with van der Waals surface area (Å²) >= 11 is 0. The predicted octanol–water partition coefficient (Wildman–Crippen LogP) is 2.28. The molecule has 0 aliphatic carbocycles. The molecule has 5 heteroatoms. The van der Waals surface area contributed by atoms with Crippen LogP contribution in [0.2, 0.25) is 0 Å². The highest BCUT2D eigenvalue weighted by molar-refractivity contribution is 5.48. The molecule has 18 heavy (non-hydrogen) atoms. The van der Waals surface area contributed by atoms with Crippen LogP contribution in [0.5, 0.6) is 5.75 Å². The maximum atomic E-state index is 10.8. The normalized spacial score (nSPS) is 16.5. The maximum Gasteiger partial charge on any atom is 0.276 e. The molecule has 0 amide bonds. The lowest BCUT2D eigenvalue weighted by Crippen LogP contribution is -2.30. The number of nitrogens with one attached hydrogen (secondary N) is 1. The Hall–Kier alpha value is -1.62. The number of piperidine rings is 1. The third kappa shape index (κ3) is 2.98. The van der Waals surface area contributed by atoms with Crippen LogP contribution in [0.4, 0.5) is 5.69 Å². The predicted molar refractivity (Wildman–Crippen MR) is 68.9 cm³/mol. The molecule has 1 heterocycles. The highest BCUT2D eigenvalue weighted by Crippen LogP contribution is 2.27. The van der Waals surface area contributed by atoms with E-state index in [4.69, 9.17) is 4.74 Å². The Morgan fingerprint density at radius 3 is 2.83 bits per heavy atom. The van der Waals surface area contributed by atoms with Gasteiger partial charge in [0.15, 0.2) is 0 Å². The van der Waals surface area contributed by atoms with Gasteiger partial charge in [0.05, 0.1) is 17.1 Å². The van der Waals surface area contributed by atoms with Gasteiger partial charge >= 0.3 is 0 Å². The molecule has 1 aliphatic heterocycles.